The van der Waals surface area contributed by atoms with Gasteiger partial charge in [-0.3, -0.25) is 0 Å². The van der Waals surface area contributed by atoms with Gasteiger partial charge in [0.05, 0.1) is 0 Å². The molecule has 1 aliphatic rings. The average molecular weight is 289 g/mol. The zero-order valence-corrected chi connectivity index (χ0v) is 12.2. The minimum atomic E-state index is -0.291. The van der Waals surface area contributed by atoms with Crippen molar-refractivity contribution in [3.63, 3.8) is 0 Å². The molecule has 2 heterocycles. The van der Waals surface area contributed by atoms with E-state index in [-0.39, 0.29) is 5.82 Å². The van der Waals surface area contributed by atoms with E-state index in [2.05, 4.69) is 22.4 Å². The van der Waals surface area contributed by atoms with Crippen molar-refractivity contribution in [1.82, 2.24) is 15.5 Å². The van der Waals surface area contributed by atoms with Crippen LogP contribution in [-0.4, -0.2) is 23.2 Å². The minimum Gasteiger partial charge on any atom is -0.339 e. The molecule has 1 aromatic heterocycles. The molecule has 0 spiro atoms. The van der Waals surface area contributed by atoms with Gasteiger partial charge in [-0.15, -0.1) is 0 Å². The average Bonchev–Trinajstić information content (AvgIpc) is 2.97. The van der Waals surface area contributed by atoms with Crippen LogP contribution in [0.15, 0.2) is 28.8 Å². The van der Waals surface area contributed by atoms with Crippen molar-refractivity contribution in [1.29, 1.82) is 0 Å². The summed E-state index contributed by atoms with van der Waals surface area (Å²) in [6, 6.07) is 6.26. The van der Waals surface area contributed by atoms with Gasteiger partial charge in [-0.25, -0.2) is 4.39 Å². The number of halogens is 1. The number of nitrogens with one attached hydrogen (secondary N) is 1. The molecule has 5 heteroatoms. The van der Waals surface area contributed by atoms with E-state index in [0.29, 0.717) is 29.1 Å². The molecule has 0 radical (unpaired) electrons. The first-order valence-corrected chi connectivity index (χ1v) is 7.51. The van der Waals surface area contributed by atoms with Crippen LogP contribution in [0.25, 0.3) is 11.4 Å². The zero-order chi connectivity index (χ0) is 14.7. The van der Waals surface area contributed by atoms with Crippen molar-refractivity contribution in [3.05, 3.63) is 36.0 Å². The van der Waals surface area contributed by atoms with E-state index in [0.717, 1.165) is 19.5 Å². The summed E-state index contributed by atoms with van der Waals surface area (Å²) in [6.45, 7) is 4.41. The van der Waals surface area contributed by atoms with Crippen molar-refractivity contribution in [2.45, 2.75) is 26.2 Å². The molecule has 0 amide bonds. The summed E-state index contributed by atoms with van der Waals surface area (Å²) in [7, 11) is 0. The Balaban J connectivity index is 1.67. The molecular formula is C16H20FN3O. The third kappa shape index (κ3) is 3.47. The SMILES string of the molecule is CC(Cc1nc(-c2cccc(F)c2)no1)C1CCCNC1. The van der Waals surface area contributed by atoms with E-state index >= 15 is 0 Å². The summed E-state index contributed by atoms with van der Waals surface area (Å²) in [4.78, 5) is 4.39. The molecule has 1 aromatic carbocycles. The fourth-order valence-corrected chi connectivity index (χ4v) is 2.89. The second-order valence-electron chi connectivity index (χ2n) is 5.81. The Bertz CT molecular complexity index is 593. The molecule has 1 saturated heterocycles. The molecule has 1 aliphatic heterocycles. The van der Waals surface area contributed by atoms with Gasteiger partial charge in [-0.2, -0.15) is 4.98 Å². The van der Waals surface area contributed by atoms with Crippen LogP contribution in [0.4, 0.5) is 4.39 Å². The van der Waals surface area contributed by atoms with E-state index < -0.39 is 0 Å². The molecule has 21 heavy (non-hydrogen) atoms. The van der Waals surface area contributed by atoms with E-state index in [1.165, 1.54) is 25.0 Å². The fraction of sp³-hybridized carbons (Fsp3) is 0.500. The second-order valence-corrected chi connectivity index (χ2v) is 5.81. The normalized spacial score (nSPS) is 20.4. The lowest BCUT2D eigenvalue weighted by atomic mass is 9.85. The highest BCUT2D eigenvalue weighted by molar-refractivity contribution is 5.53. The summed E-state index contributed by atoms with van der Waals surface area (Å²) in [5.41, 5.74) is 0.650. The predicted molar refractivity (Wildman–Crippen MR) is 78.2 cm³/mol. The van der Waals surface area contributed by atoms with Crippen molar-refractivity contribution < 1.29 is 8.91 Å². The van der Waals surface area contributed by atoms with Crippen LogP contribution >= 0.6 is 0 Å². The molecule has 0 saturated carbocycles. The molecule has 1 N–H and O–H groups in total. The Morgan fingerprint density at radius 1 is 1.48 bits per heavy atom. The van der Waals surface area contributed by atoms with Gasteiger partial charge in [0.1, 0.15) is 5.82 Å². The van der Waals surface area contributed by atoms with Crippen LogP contribution in [0.2, 0.25) is 0 Å². The van der Waals surface area contributed by atoms with Crippen LogP contribution in [-0.2, 0) is 6.42 Å². The number of aromatic nitrogens is 2. The third-order valence-corrected chi connectivity index (χ3v) is 4.19. The maximum Gasteiger partial charge on any atom is 0.227 e. The molecule has 0 aliphatic carbocycles. The summed E-state index contributed by atoms with van der Waals surface area (Å²) in [5.74, 6) is 1.95. The Labute approximate surface area is 123 Å². The molecule has 112 valence electrons. The molecule has 4 nitrogen and oxygen atoms in total. The number of nitrogens with zero attached hydrogens (tertiary/aromatic N) is 2. The lowest BCUT2D eigenvalue weighted by Crippen LogP contribution is -2.33. The number of piperidine rings is 1. The molecule has 2 unspecified atom stereocenters. The van der Waals surface area contributed by atoms with Crippen LogP contribution in [0.5, 0.6) is 0 Å². The van der Waals surface area contributed by atoms with Gasteiger partial charge in [0, 0.05) is 12.0 Å². The quantitative estimate of drug-likeness (QED) is 0.940. The van der Waals surface area contributed by atoms with E-state index in [4.69, 9.17) is 4.52 Å². The Kier molecular flexibility index (Phi) is 4.29. The summed E-state index contributed by atoms with van der Waals surface area (Å²) < 4.78 is 18.5. The van der Waals surface area contributed by atoms with Crippen molar-refractivity contribution in [2.24, 2.45) is 11.8 Å². The van der Waals surface area contributed by atoms with Crippen LogP contribution < -0.4 is 5.32 Å². The van der Waals surface area contributed by atoms with Crippen molar-refractivity contribution in [2.75, 3.05) is 13.1 Å². The topological polar surface area (TPSA) is 51.0 Å². The predicted octanol–water partition coefficient (Wildman–Crippen LogP) is 3.05. The summed E-state index contributed by atoms with van der Waals surface area (Å²) >= 11 is 0. The van der Waals surface area contributed by atoms with Gasteiger partial charge < -0.3 is 9.84 Å². The molecule has 0 bridgehead atoms. The highest BCUT2D eigenvalue weighted by Crippen LogP contribution is 2.24. The number of rotatable bonds is 4. The first kappa shape index (κ1) is 14.2. The molecular weight excluding hydrogens is 269 g/mol. The molecule has 3 rings (SSSR count). The highest BCUT2D eigenvalue weighted by Gasteiger charge is 2.22. The smallest absolute Gasteiger partial charge is 0.227 e. The Morgan fingerprint density at radius 3 is 3.14 bits per heavy atom. The lowest BCUT2D eigenvalue weighted by Gasteiger charge is -2.27. The Morgan fingerprint density at radius 2 is 2.38 bits per heavy atom. The van der Waals surface area contributed by atoms with E-state index in [1.807, 2.05) is 0 Å². The molecule has 2 atom stereocenters. The minimum absolute atomic E-state index is 0.291. The first-order chi connectivity index (χ1) is 10.2. The van der Waals surface area contributed by atoms with Crippen LogP contribution in [0, 0.1) is 17.7 Å². The molecule has 1 fully saturated rings. The maximum atomic E-state index is 13.2. The number of hydrogen-bond donors (Lipinski definition) is 1. The van der Waals surface area contributed by atoms with Gasteiger partial charge >= 0.3 is 0 Å². The maximum absolute atomic E-state index is 13.2. The van der Waals surface area contributed by atoms with Crippen molar-refractivity contribution in [3.8, 4) is 11.4 Å². The zero-order valence-electron chi connectivity index (χ0n) is 12.2. The fourth-order valence-electron chi connectivity index (χ4n) is 2.89. The van der Waals surface area contributed by atoms with Gasteiger partial charge in [0.25, 0.3) is 0 Å². The summed E-state index contributed by atoms with van der Waals surface area (Å²) in [5, 5.41) is 7.39. The second kappa shape index (κ2) is 6.35. The van der Waals surface area contributed by atoms with Gasteiger partial charge in [0.15, 0.2) is 0 Å². The lowest BCUT2D eigenvalue weighted by molar-refractivity contribution is 0.257. The van der Waals surface area contributed by atoms with Gasteiger partial charge in [-0.05, 0) is 49.9 Å². The number of hydrogen-bond acceptors (Lipinski definition) is 4. The monoisotopic (exact) mass is 289 g/mol. The summed E-state index contributed by atoms with van der Waals surface area (Å²) in [6.07, 6.45) is 3.25. The largest absolute Gasteiger partial charge is 0.339 e. The first-order valence-electron chi connectivity index (χ1n) is 7.51. The van der Waals surface area contributed by atoms with Crippen LogP contribution in [0.1, 0.15) is 25.7 Å². The van der Waals surface area contributed by atoms with Gasteiger partial charge in [-0.1, -0.05) is 24.2 Å². The van der Waals surface area contributed by atoms with Crippen molar-refractivity contribution >= 4 is 0 Å². The Hall–Kier alpha value is -1.75. The molecule has 2 aromatic rings. The van der Waals surface area contributed by atoms with Crippen LogP contribution in [0.3, 0.4) is 0 Å². The van der Waals surface area contributed by atoms with Gasteiger partial charge in [0.2, 0.25) is 11.7 Å². The third-order valence-electron chi connectivity index (χ3n) is 4.19. The highest BCUT2D eigenvalue weighted by atomic mass is 19.1. The number of benzene rings is 1. The standard InChI is InChI=1S/C16H20FN3O/c1-11(13-5-3-7-18-10-13)8-15-19-16(20-21-15)12-4-2-6-14(17)9-12/h2,4,6,9,11,13,18H,3,5,7-8,10H2,1H3. The van der Waals surface area contributed by atoms with E-state index in [9.17, 15) is 4.39 Å². The van der Waals surface area contributed by atoms with E-state index in [1.54, 1.807) is 12.1 Å².